The summed E-state index contributed by atoms with van der Waals surface area (Å²) in [4.78, 5) is 23.8. The first-order valence-corrected chi connectivity index (χ1v) is 8.26. The molecule has 0 bridgehead atoms. The Kier molecular flexibility index (Phi) is 7.06. The molecule has 2 aromatic carbocycles. The van der Waals surface area contributed by atoms with E-state index in [-0.39, 0.29) is 5.78 Å². The van der Waals surface area contributed by atoms with Gasteiger partial charge >= 0.3 is 5.97 Å². The van der Waals surface area contributed by atoms with Crippen LogP contribution in [0.4, 0.5) is 0 Å². The van der Waals surface area contributed by atoms with E-state index in [9.17, 15) is 9.59 Å². The van der Waals surface area contributed by atoms with Crippen molar-refractivity contribution in [3.63, 3.8) is 0 Å². The number of hydrogen-bond acceptors (Lipinski definition) is 5. The summed E-state index contributed by atoms with van der Waals surface area (Å²) in [7, 11) is 2.96. The summed E-state index contributed by atoms with van der Waals surface area (Å²) in [5, 5.41) is 0.651. The number of benzene rings is 2. The van der Waals surface area contributed by atoms with Crippen LogP contribution in [0.3, 0.4) is 0 Å². The van der Waals surface area contributed by atoms with E-state index < -0.39 is 12.6 Å². The molecule has 0 amide bonds. The summed E-state index contributed by atoms with van der Waals surface area (Å²) >= 11 is 12.0. The molecule has 0 aliphatic rings. The number of hydrogen-bond donors (Lipinski definition) is 0. The Morgan fingerprint density at radius 2 is 1.77 bits per heavy atom. The van der Waals surface area contributed by atoms with Crippen molar-refractivity contribution in [3.8, 4) is 11.5 Å². The van der Waals surface area contributed by atoms with Crippen molar-refractivity contribution in [1.82, 2.24) is 0 Å². The molecule has 0 radical (unpaired) electrons. The van der Waals surface area contributed by atoms with E-state index in [0.29, 0.717) is 32.7 Å². The number of carbonyl (C=O) groups is 2. The van der Waals surface area contributed by atoms with Gasteiger partial charge < -0.3 is 14.2 Å². The smallest absolute Gasteiger partial charge is 0.331 e. The number of methoxy groups -OCH3 is 2. The lowest BCUT2D eigenvalue weighted by Gasteiger charge is -2.10. The molecule has 0 aromatic heterocycles. The maximum atomic E-state index is 12.0. The molecule has 26 heavy (non-hydrogen) atoms. The molecule has 5 nitrogen and oxygen atoms in total. The highest BCUT2D eigenvalue weighted by Crippen LogP contribution is 2.36. The van der Waals surface area contributed by atoms with Crippen molar-refractivity contribution in [1.29, 1.82) is 0 Å². The molecule has 2 rings (SSSR count). The van der Waals surface area contributed by atoms with E-state index in [0.717, 1.165) is 0 Å². The van der Waals surface area contributed by atoms with Crippen molar-refractivity contribution in [3.05, 3.63) is 63.6 Å². The molecule has 136 valence electrons. The van der Waals surface area contributed by atoms with Crippen LogP contribution in [-0.4, -0.2) is 32.6 Å². The van der Waals surface area contributed by atoms with Crippen LogP contribution in [0.1, 0.15) is 15.9 Å². The summed E-state index contributed by atoms with van der Waals surface area (Å²) in [5.41, 5.74) is 0.916. The fourth-order valence-corrected chi connectivity index (χ4v) is 2.69. The third-order valence-corrected chi connectivity index (χ3v) is 4.00. The Balaban J connectivity index is 2.00. The average Bonchev–Trinajstić information content (AvgIpc) is 2.64. The minimum atomic E-state index is -0.670. The number of ketones is 1. The van der Waals surface area contributed by atoms with Gasteiger partial charge in [-0.15, -0.1) is 0 Å². The first-order chi connectivity index (χ1) is 12.5. The molecule has 7 heteroatoms. The molecule has 0 saturated carbocycles. The largest absolute Gasteiger partial charge is 0.493 e. The van der Waals surface area contributed by atoms with E-state index in [2.05, 4.69) is 0 Å². The standard InChI is InChI=1S/C19H16Cl2O5/c1-24-17-10-12(9-15(21)19(17)25-2)7-8-18(23)26-11-16(22)13-5-3-4-6-14(13)20/h3-10H,11H2,1-2H3/b8-7+. The van der Waals surface area contributed by atoms with Gasteiger partial charge in [0.15, 0.2) is 18.1 Å². The zero-order valence-corrected chi connectivity index (χ0v) is 15.6. The van der Waals surface area contributed by atoms with E-state index in [1.807, 2.05) is 0 Å². The molecule has 2 aromatic rings. The van der Waals surface area contributed by atoms with Gasteiger partial charge in [0.2, 0.25) is 5.78 Å². The lowest BCUT2D eigenvalue weighted by atomic mass is 10.1. The molecule has 0 aliphatic carbocycles. The fraction of sp³-hybridized carbons (Fsp3) is 0.158. The first-order valence-electron chi connectivity index (χ1n) is 7.50. The molecule has 0 atom stereocenters. The second kappa shape index (κ2) is 9.27. The Bertz CT molecular complexity index is 846. The van der Waals surface area contributed by atoms with Gasteiger partial charge in [0.05, 0.1) is 24.3 Å². The van der Waals surface area contributed by atoms with Crippen LogP contribution in [0, 0.1) is 0 Å². The van der Waals surface area contributed by atoms with E-state index in [4.69, 9.17) is 37.4 Å². The normalized spacial score (nSPS) is 10.6. The Hall–Kier alpha value is -2.50. The topological polar surface area (TPSA) is 61.8 Å². The van der Waals surface area contributed by atoms with Crippen LogP contribution in [0.5, 0.6) is 11.5 Å². The highest BCUT2D eigenvalue weighted by molar-refractivity contribution is 6.34. The Morgan fingerprint density at radius 1 is 1.04 bits per heavy atom. The minimum absolute atomic E-state index is 0.303. The van der Waals surface area contributed by atoms with Crippen molar-refractivity contribution in [2.45, 2.75) is 0 Å². The van der Waals surface area contributed by atoms with Gasteiger partial charge in [0, 0.05) is 11.6 Å². The Morgan fingerprint density at radius 3 is 2.42 bits per heavy atom. The van der Waals surface area contributed by atoms with Gasteiger partial charge in [-0.05, 0) is 35.9 Å². The fourth-order valence-electron chi connectivity index (χ4n) is 2.15. The minimum Gasteiger partial charge on any atom is -0.493 e. The predicted octanol–water partition coefficient (Wildman–Crippen LogP) is 4.45. The average molecular weight is 395 g/mol. The van der Waals surface area contributed by atoms with E-state index in [1.54, 1.807) is 36.4 Å². The quantitative estimate of drug-likeness (QED) is 0.394. The van der Waals surface area contributed by atoms with E-state index >= 15 is 0 Å². The van der Waals surface area contributed by atoms with Crippen molar-refractivity contribution in [2.75, 3.05) is 20.8 Å². The maximum Gasteiger partial charge on any atom is 0.331 e. The summed E-state index contributed by atoms with van der Waals surface area (Å²) in [6.07, 6.45) is 2.69. The third-order valence-electron chi connectivity index (χ3n) is 3.39. The first kappa shape index (κ1) is 19.8. The van der Waals surface area contributed by atoms with Crippen molar-refractivity contribution >= 4 is 41.0 Å². The number of rotatable bonds is 7. The molecule has 0 N–H and O–H groups in total. The second-order valence-electron chi connectivity index (χ2n) is 5.08. The van der Waals surface area contributed by atoms with Gasteiger partial charge in [-0.3, -0.25) is 4.79 Å². The zero-order chi connectivity index (χ0) is 19.1. The summed E-state index contributed by atoms with van der Waals surface area (Å²) < 4.78 is 15.3. The molecular weight excluding hydrogens is 379 g/mol. The van der Waals surface area contributed by atoms with Crippen LogP contribution in [0.15, 0.2) is 42.5 Å². The lowest BCUT2D eigenvalue weighted by Crippen LogP contribution is -2.12. The van der Waals surface area contributed by atoms with Gasteiger partial charge in [-0.2, -0.15) is 0 Å². The van der Waals surface area contributed by atoms with Gasteiger partial charge in [0.25, 0.3) is 0 Å². The number of ether oxygens (including phenoxy) is 3. The zero-order valence-electron chi connectivity index (χ0n) is 14.1. The number of carbonyl (C=O) groups excluding carboxylic acids is 2. The van der Waals surface area contributed by atoms with Crippen LogP contribution in [0.2, 0.25) is 10.0 Å². The van der Waals surface area contributed by atoms with Crippen LogP contribution < -0.4 is 9.47 Å². The molecule has 0 unspecified atom stereocenters. The third kappa shape index (κ3) is 5.00. The second-order valence-corrected chi connectivity index (χ2v) is 5.90. The monoisotopic (exact) mass is 394 g/mol. The SMILES string of the molecule is COc1cc(/C=C/C(=O)OCC(=O)c2ccccc2Cl)cc(Cl)c1OC. The van der Waals surface area contributed by atoms with Crippen molar-refractivity contribution < 1.29 is 23.8 Å². The predicted molar refractivity (Wildman–Crippen MR) is 100 cm³/mol. The molecule has 0 spiro atoms. The molecule has 0 heterocycles. The van der Waals surface area contributed by atoms with E-state index in [1.165, 1.54) is 26.4 Å². The lowest BCUT2D eigenvalue weighted by molar-refractivity contribution is -0.136. The van der Waals surface area contributed by atoms with Crippen LogP contribution in [-0.2, 0) is 9.53 Å². The van der Waals surface area contributed by atoms with Crippen molar-refractivity contribution in [2.24, 2.45) is 0 Å². The molecule has 0 aliphatic heterocycles. The summed E-state index contributed by atoms with van der Waals surface area (Å²) in [6, 6.07) is 9.83. The molecular formula is C19H16Cl2O5. The van der Waals surface area contributed by atoms with Gasteiger partial charge in [-0.25, -0.2) is 4.79 Å². The van der Waals surface area contributed by atoms with Crippen LogP contribution >= 0.6 is 23.2 Å². The maximum absolute atomic E-state index is 12.0. The highest BCUT2D eigenvalue weighted by Gasteiger charge is 2.12. The molecule has 0 fully saturated rings. The number of esters is 1. The molecule has 0 saturated heterocycles. The Labute approximate surface area is 161 Å². The van der Waals surface area contributed by atoms with Gasteiger partial charge in [-0.1, -0.05) is 35.3 Å². The summed E-state index contributed by atoms with van der Waals surface area (Å²) in [6.45, 7) is -0.403. The highest BCUT2D eigenvalue weighted by atomic mass is 35.5. The van der Waals surface area contributed by atoms with Crippen LogP contribution in [0.25, 0.3) is 6.08 Å². The number of halogens is 2. The summed E-state index contributed by atoms with van der Waals surface area (Å²) in [5.74, 6) is -0.219. The van der Waals surface area contributed by atoms with Gasteiger partial charge in [0.1, 0.15) is 0 Å². The number of Topliss-reactive ketones (excluding diaryl/α,β-unsaturated/α-hetero) is 1.